The van der Waals surface area contributed by atoms with Crippen LogP contribution in [0, 0.1) is 0 Å². The molecule has 2 heteroatoms. The third-order valence-corrected chi connectivity index (χ3v) is 8.90. The van der Waals surface area contributed by atoms with Gasteiger partial charge in [0.25, 0.3) is 0 Å². The molecule has 0 saturated carbocycles. The lowest BCUT2D eigenvalue weighted by Crippen LogP contribution is -1.98. The largest absolute Gasteiger partial charge is 0.309 e. The van der Waals surface area contributed by atoms with Crippen molar-refractivity contribution in [2.24, 2.45) is 0 Å². The second kappa shape index (κ2) is 11.6. The van der Waals surface area contributed by atoms with Gasteiger partial charge in [-0.05, 0) is 76.9 Å². The normalized spacial score (nSPS) is 11.3. The van der Waals surface area contributed by atoms with Gasteiger partial charge in [-0.15, -0.1) is 0 Å². The number of hydrogen-bond acceptors (Lipinski definition) is 0. The molecule has 46 heavy (non-hydrogen) atoms. The van der Waals surface area contributed by atoms with Crippen molar-refractivity contribution in [2.75, 3.05) is 0 Å². The molecule has 0 bridgehead atoms. The Morgan fingerprint density at radius 2 is 0.696 bits per heavy atom. The molecule has 0 fully saturated rings. The monoisotopic (exact) mass is 590 g/mol. The Morgan fingerprint density at radius 3 is 1.28 bits per heavy atom. The van der Waals surface area contributed by atoms with Crippen molar-refractivity contribution in [1.82, 2.24) is 9.13 Å². The Labute approximate surface area is 269 Å². The van der Waals surface area contributed by atoms with E-state index in [1.54, 1.807) is 0 Å². The van der Waals surface area contributed by atoms with E-state index in [2.05, 4.69) is 179 Å². The lowest BCUT2D eigenvalue weighted by atomic mass is 9.98. The van der Waals surface area contributed by atoms with Crippen molar-refractivity contribution in [3.63, 3.8) is 0 Å². The third-order valence-electron chi connectivity index (χ3n) is 8.90. The molecule has 2 aromatic heterocycles. The quantitative estimate of drug-likeness (QED) is 0.193. The predicted octanol–water partition coefficient (Wildman–Crippen LogP) is 12.2. The van der Waals surface area contributed by atoms with Crippen molar-refractivity contribution in [3.05, 3.63) is 170 Å². The predicted molar refractivity (Wildman–Crippen MR) is 197 cm³/mol. The molecule has 0 atom stereocenters. The van der Waals surface area contributed by atoms with Gasteiger partial charge in [-0.25, -0.2) is 0 Å². The van der Waals surface area contributed by atoms with Crippen LogP contribution in [0.3, 0.4) is 0 Å². The minimum absolute atomic E-state index is 1.15. The number of rotatable bonds is 4. The molecule has 0 spiro atoms. The van der Waals surface area contributed by atoms with Crippen LogP contribution in [-0.2, 0) is 0 Å². The molecule has 0 aliphatic carbocycles. The van der Waals surface area contributed by atoms with Crippen molar-refractivity contribution in [3.8, 4) is 33.6 Å². The second-order valence-electron chi connectivity index (χ2n) is 11.4. The Hall–Kier alpha value is -5.86. The zero-order valence-corrected chi connectivity index (χ0v) is 26.1. The maximum Gasteiger partial charge on any atom is 0.0541 e. The van der Waals surface area contributed by atoms with E-state index < -0.39 is 0 Å². The van der Waals surface area contributed by atoms with Gasteiger partial charge in [-0.1, -0.05) is 129 Å². The SMILES string of the molecule is CC.c1ccc(-c2cccc(-c3ccc4c(c3)c3ccccc3n4-c3cccc(-n4c5ccccc5c5ccccc54)c3)c2)cc1. The molecule has 2 nitrogen and oxygen atoms in total. The zero-order chi connectivity index (χ0) is 31.0. The summed E-state index contributed by atoms with van der Waals surface area (Å²) in [7, 11) is 0. The van der Waals surface area contributed by atoms with E-state index in [0.29, 0.717) is 0 Å². The summed E-state index contributed by atoms with van der Waals surface area (Å²) < 4.78 is 4.80. The van der Waals surface area contributed by atoms with Crippen molar-refractivity contribution < 1.29 is 0 Å². The first-order chi connectivity index (χ1) is 22.8. The average molecular weight is 591 g/mol. The van der Waals surface area contributed by atoms with Crippen LogP contribution in [0.5, 0.6) is 0 Å². The first-order valence-electron chi connectivity index (χ1n) is 16.1. The van der Waals surface area contributed by atoms with Crippen LogP contribution in [0.2, 0.25) is 0 Å². The van der Waals surface area contributed by atoms with E-state index in [0.717, 1.165) is 11.4 Å². The van der Waals surface area contributed by atoms with Crippen LogP contribution >= 0.6 is 0 Å². The van der Waals surface area contributed by atoms with Crippen LogP contribution in [0.4, 0.5) is 0 Å². The van der Waals surface area contributed by atoms with Crippen LogP contribution < -0.4 is 0 Å². The van der Waals surface area contributed by atoms with Crippen LogP contribution in [0.1, 0.15) is 13.8 Å². The lowest BCUT2D eigenvalue weighted by Gasteiger charge is -2.13. The summed E-state index contributed by atoms with van der Waals surface area (Å²) in [6, 6.07) is 61.4. The van der Waals surface area contributed by atoms with E-state index in [9.17, 15) is 0 Å². The fourth-order valence-electron chi connectivity index (χ4n) is 6.91. The maximum atomic E-state index is 2.41. The molecule has 220 valence electrons. The molecule has 7 aromatic carbocycles. The first-order valence-corrected chi connectivity index (χ1v) is 16.1. The van der Waals surface area contributed by atoms with Gasteiger partial charge in [-0.3, -0.25) is 0 Å². The van der Waals surface area contributed by atoms with E-state index in [1.807, 2.05) is 13.8 Å². The fraction of sp³-hybridized carbons (Fsp3) is 0.0455. The van der Waals surface area contributed by atoms with Crippen molar-refractivity contribution in [2.45, 2.75) is 13.8 Å². The van der Waals surface area contributed by atoms with Crippen molar-refractivity contribution in [1.29, 1.82) is 0 Å². The molecular formula is C44H34N2. The summed E-state index contributed by atoms with van der Waals surface area (Å²) in [5, 5.41) is 5.06. The number of para-hydroxylation sites is 3. The van der Waals surface area contributed by atoms with Gasteiger partial charge in [-0.2, -0.15) is 0 Å². The first kappa shape index (κ1) is 27.7. The van der Waals surface area contributed by atoms with E-state index in [4.69, 9.17) is 0 Å². The van der Waals surface area contributed by atoms with Crippen molar-refractivity contribution >= 4 is 43.6 Å². The van der Waals surface area contributed by atoms with Crippen LogP contribution in [-0.4, -0.2) is 9.13 Å². The smallest absolute Gasteiger partial charge is 0.0541 e. The minimum Gasteiger partial charge on any atom is -0.309 e. The van der Waals surface area contributed by atoms with Crippen LogP contribution in [0.15, 0.2) is 170 Å². The molecule has 2 heterocycles. The highest BCUT2D eigenvalue weighted by Gasteiger charge is 2.16. The van der Waals surface area contributed by atoms with E-state index in [-0.39, 0.29) is 0 Å². The molecule has 0 saturated heterocycles. The summed E-state index contributed by atoms with van der Waals surface area (Å²) >= 11 is 0. The Morgan fingerprint density at radius 1 is 0.283 bits per heavy atom. The fourth-order valence-corrected chi connectivity index (χ4v) is 6.91. The van der Waals surface area contributed by atoms with Gasteiger partial charge >= 0.3 is 0 Å². The van der Waals surface area contributed by atoms with Gasteiger partial charge in [0.2, 0.25) is 0 Å². The lowest BCUT2D eigenvalue weighted by molar-refractivity contribution is 1.13. The molecule has 0 unspecified atom stereocenters. The van der Waals surface area contributed by atoms with E-state index in [1.165, 1.54) is 65.9 Å². The molecular weight excluding hydrogens is 556 g/mol. The zero-order valence-electron chi connectivity index (χ0n) is 26.1. The third kappa shape index (κ3) is 4.50. The summed E-state index contributed by atoms with van der Waals surface area (Å²) in [5.41, 5.74) is 12.0. The number of hydrogen-bond donors (Lipinski definition) is 0. The van der Waals surface area contributed by atoms with Gasteiger partial charge in [0.05, 0.1) is 22.1 Å². The Balaban J connectivity index is 0.00000153. The van der Waals surface area contributed by atoms with Crippen LogP contribution in [0.25, 0.3) is 77.2 Å². The van der Waals surface area contributed by atoms with Gasteiger partial charge < -0.3 is 9.13 Å². The summed E-state index contributed by atoms with van der Waals surface area (Å²) in [5.74, 6) is 0. The molecule has 9 aromatic rings. The highest BCUT2D eigenvalue weighted by Crippen LogP contribution is 2.37. The summed E-state index contributed by atoms with van der Waals surface area (Å²) in [4.78, 5) is 0. The summed E-state index contributed by atoms with van der Waals surface area (Å²) in [6.45, 7) is 4.00. The maximum absolute atomic E-state index is 2.41. The Bertz CT molecular complexity index is 2440. The number of fused-ring (bicyclic) bond motifs is 6. The minimum atomic E-state index is 1.15. The summed E-state index contributed by atoms with van der Waals surface area (Å²) in [6.07, 6.45) is 0. The van der Waals surface area contributed by atoms with Gasteiger partial charge in [0, 0.05) is 32.9 Å². The topological polar surface area (TPSA) is 9.86 Å². The number of benzene rings is 7. The molecule has 0 N–H and O–H groups in total. The van der Waals surface area contributed by atoms with Gasteiger partial charge in [0.15, 0.2) is 0 Å². The standard InChI is InChI=1S/C42H28N2.C2H6/c1-2-12-29(13-3-1)30-14-10-15-31(26-30)32-24-25-42-38(27-32)37-20-6-9-23-41(37)44(42)34-17-11-16-33(28-34)43-39-21-7-4-18-35(39)36-19-5-8-22-40(36)43;1-2/h1-28H;1-2H3. The second-order valence-corrected chi connectivity index (χ2v) is 11.4. The highest BCUT2D eigenvalue weighted by molar-refractivity contribution is 6.11. The molecule has 0 aliphatic rings. The molecule has 9 rings (SSSR count). The molecule has 0 radical (unpaired) electrons. The molecule has 0 amide bonds. The van der Waals surface area contributed by atoms with Gasteiger partial charge in [0.1, 0.15) is 0 Å². The van der Waals surface area contributed by atoms with E-state index >= 15 is 0 Å². The number of nitrogens with zero attached hydrogens (tertiary/aromatic N) is 2. The average Bonchev–Trinajstić information content (AvgIpc) is 3.66. The molecule has 0 aliphatic heterocycles. The highest BCUT2D eigenvalue weighted by atomic mass is 15.0. The Kier molecular flexibility index (Phi) is 6.96. The number of aromatic nitrogens is 2.